The third kappa shape index (κ3) is 4.28. The number of benzene rings is 8. The maximum atomic E-state index is 6.52. The zero-order valence-corrected chi connectivity index (χ0v) is 27.2. The molecule has 0 radical (unpaired) electrons. The average molecular weight is 651 g/mol. The molecule has 0 saturated heterocycles. The quantitative estimate of drug-likeness (QED) is 0.178. The fourth-order valence-corrected chi connectivity index (χ4v) is 7.75. The van der Waals surface area contributed by atoms with Gasteiger partial charge in [-0.15, -0.1) is 0 Å². The second-order valence-electron chi connectivity index (χ2n) is 13.0. The van der Waals surface area contributed by atoms with Crippen LogP contribution in [0.3, 0.4) is 0 Å². The summed E-state index contributed by atoms with van der Waals surface area (Å²) in [5.74, 6) is 1.74. The van der Waals surface area contributed by atoms with Gasteiger partial charge in [0.25, 0.3) is 0 Å². The summed E-state index contributed by atoms with van der Waals surface area (Å²) in [5, 5.41) is 13.4. The van der Waals surface area contributed by atoms with E-state index in [0.717, 1.165) is 70.7 Å². The Morgan fingerprint density at radius 2 is 0.961 bits per heavy atom. The number of rotatable bonds is 3. The average Bonchev–Trinajstić information content (AvgIpc) is 3.60. The van der Waals surface area contributed by atoms with Crippen molar-refractivity contribution in [3.8, 4) is 34.2 Å². The van der Waals surface area contributed by atoms with Crippen LogP contribution < -0.4 is 0 Å². The van der Waals surface area contributed by atoms with Crippen molar-refractivity contribution in [2.75, 3.05) is 0 Å². The van der Waals surface area contributed by atoms with Gasteiger partial charge in [0.05, 0.1) is 6.20 Å². The molecule has 11 rings (SSSR count). The molecule has 0 aliphatic heterocycles. The fraction of sp³-hybridized carbons (Fsp3) is 0. The van der Waals surface area contributed by atoms with Crippen LogP contribution in [-0.2, 0) is 0 Å². The van der Waals surface area contributed by atoms with Crippen LogP contribution in [-0.4, -0.2) is 19.9 Å². The topological polar surface area (TPSA) is 64.7 Å². The minimum Gasteiger partial charge on any atom is -0.454 e. The lowest BCUT2D eigenvalue weighted by Crippen LogP contribution is -2.01. The van der Waals surface area contributed by atoms with Gasteiger partial charge >= 0.3 is 0 Å². The van der Waals surface area contributed by atoms with Gasteiger partial charge in [-0.25, -0.2) is 15.0 Å². The summed E-state index contributed by atoms with van der Waals surface area (Å²) < 4.78 is 6.52. The smallest absolute Gasteiger partial charge is 0.166 e. The molecular weight excluding hydrogens is 625 g/mol. The van der Waals surface area contributed by atoms with E-state index in [-0.39, 0.29) is 0 Å². The van der Waals surface area contributed by atoms with Crippen LogP contribution in [0.2, 0.25) is 0 Å². The van der Waals surface area contributed by atoms with E-state index in [4.69, 9.17) is 19.4 Å². The molecule has 5 nitrogen and oxygen atoms in total. The van der Waals surface area contributed by atoms with E-state index in [1.54, 1.807) is 6.20 Å². The molecule has 0 fully saturated rings. The predicted molar refractivity (Wildman–Crippen MR) is 209 cm³/mol. The number of pyridine rings is 1. The highest BCUT2D eigenvalue weighted by Gasteiger charge is 2.21. The standard InChI is InChI=1S/C46H26N4O/c1-2-12-30-23-31(18-17-27(30)9-1)44-48-45(39-24-38-32-13-5-3-10-28(32)19-21-36(38)34-15-7-8-16-35(34)39)50-46(49-44)40-25-47-26-41-42(40)37-22-20-29-11-4-6-14-33(29)43(37)51-41/h1-26H. The van der Waals surface area contributed by atoms with Crippen LogP contribution in [0.1, 0.15) is 0 Å². The Kier molecular flexibility index (Phi) is 5.89. The summed E-state index contributed by atoms with van der Waals surface area (Å²) in [6.45, 7) is 0. The molecule has 0 atom stereocenters. The molecule has 51 heavy (non-hydrogen) atoms. The summed E-state index contributed by atoms with van der Waals surface area (Å²) >= 11 is 0. The minimum atomic E-state index is 0.541. The van der Waals surface area contributed by atoms with E-state index >= 15 is 0 Å². The molecule has 0 bridgehead atoms. The van der Waals surface area contributed by atoms with Crippen molar-refractivity contribution in [1.29, 1.82) is 0 Å². The SMILES string of the molecule is c1ccc2cc(-c3nc(-c4cc5c6ccccc6ccc5c5ccccc45)nc(-c4cncc5oc6c7ccccc7ccc6c45)n3)ccc2c1. The molecule has 0 amide bonds. The number of hydrogen-bond donors (Lipinski definition) is 0. The van der Waals surface area contributed by atoms with E-state index in [1.165, 1.54) is 16.2 Å². The van der Waals surface area contributed by atoms with Crippen molar-refractivity contribution < 1.29 is 4.42 Å². The van der Waals surface area contributed by atoms with Crippen LogP contribution >= 0.6 is 0 Å². The molecule has 236 valence electrons. The molecule has 0 spiro atoms. The maximum Gasteiger partial charge on any atom is 0.166 e. The second kappa shape index (κ2) is 10.8. The van der Waals surface area contributed by atoms with Crippen molar-refractivity contribution >= 4 is 75.8 Å². The van der Waals surface area contributed by atoms with Crippen molar-refractivity contribution in [3.05, 3.63) is 158 Å². The number of hydrogen-bond acceptors (Lipinski definition) is 5. The summed E-state index contributed by atoms with van der Waals surface area (Å²) in [5.41, 5.74) is 4.17. The van der Waals surface area contributed by atoms with Gasteiger partial charge in [0, 0.05) is 39.0 Å². The zero-order valence-electron chi connectivity index (χ0n) is 27.2. The normalized spacial score (nSPS) is 11.9. The van der Waals surface area contributed by atoms with Gasteiger partial charge in [-0.05, 0) is 66.7 Å². The van der Waals surface area contributed by atoms with Gasteiger partial charge in [0.15, 0.2) is 23.1 Å². The largest absolute Gasteiger partial charge is 0.454 e. The Labute approximate surface area is 291 Å². The van der Waals surface area contributed by atoms with Gasteiger partial charge in [0.2, 0.25) is 0 Å². The molecule has 0 aliphatic rings. The monoisotopic (exact) mass is 650 g/mol. The first-order valence-electron chi connectivity index (χ1n) is 17.0. The summed E-state index contributed by atoms with van der Waals surface area (Å²) in [4.78, 5) is 20.4. The fourth-order valence-electron chi connectivity index (χ4n) is 7.75. The summed E-state index contributed by atoms with van der Waals surface area (Å²) in [6.07, 6.45) is 3.63. The zero-order chi connectivity index (χ0) is 33.5. The number of aromatic nitrogens is 4. The van der Waals surface area contributed by atoms with Gasteiger partial charge in [0.1, 0.15) is 5.58 Å². The van der Waals surface area contributed by atoms with Crippen molar-refractivity contribution in [2.45, 2.75) is 0 Å². The van der Waals surface area contributed by atoms with Gasteiger partial charge < -0.3 is 4.42 Å². The minimum absolute atomic E-state index is 0.541. The lowest BCUT2D eigenvalue weighted by atomic mass is 9.93. The first-order chi connectivity index (χ1) is 25.3. The molecule has 3 aromatic heterocycles. The van der Waals surface area contributed by atoms with Crippen molar-refractivity contribution in [3.63, 3.8) is 0 Å². The van der Waals surface area contributed by atoms with E-state index in [2.05, 4.69) is 138 Å². The summed E-state index contributed by atoms with van der Waals surface area (Å²) in [7, 11) is 0. The molecule has 8 aromatic carbocycles. The predicted octanol–water partition coefficient (Wildman–Crippen LogP) is 11.9. The first-order valence-corrected chi connectivity index (χ1v) is 17.0. The Hall–Kier alpha value is -6.98. The van der Waals surface area contributed by atoms with E-state index in [0.29, 0.717) is 23.1 Å². The van der Waals surface area contributed by atoms with Gasteiger partial charge in [-0.1, -0.05) is 127 Å². The van der Waals surface area contributed by atoms with E-state index in [9.17, 15) is 0 Å². The number of nitrogens with zero attached hydrogens (tertiary/aromatic N) is 4. The molecule has 5 heteroatoms. The Morgan fingerprint density at radius 1 is 0.373 bits per heavy atom. The third-order valence-electron chi connectivity index (χ3n) is 10.2. The number of furan rings is 1. The van der Waals surface area contributed by atoms with Crippen LogP contribution in [0, 0.1) is 0 Å². The molecule has 0 N–H and O–H groups in total. The van der Waals surface area contributed by atoms with Crippen molar-refractivity contribution in [1.82, 2.24) is 19.9 Å². The highest BCUT2D eigenvalue weighted by Crippen LogP contribution is 2.41. The maximum absolute atomic E-state index is 6.52. The highest BCUT2D eigenvalue weighted by molar-refractivity contribution is 6.21. The Morgan fingerprint density at radius 3 is 1.78 bits per heavy atom. The molecule has 0 unspecified atom stereocenters. The molecule has 0 aliphatic carbocycles. The molecular formula is C46H26N4O. The van der Waals surface area contributed by atoms with Gasteiger partial charge in [-0.2, -0.15) is 0 Å². The third-order valence-corrected chi connectivity index (χ3v) is 10.2. The van der Waals surface area contributed by atoms with E-state index in [1.807, 2.05) is 18.3 Å². The van der Waals surface area contributed by atoms with Crippen LogP contribution in [0.25, 0.3) is 110 Å². The summed E-state index contributed by atoms with van der Waals surface area (Å²) in [6, 6.07) is 51.0. The highest BCUT2D eigenvalue weighted by atomic mass is 16.3. The molecule has 11 aromatic rings. The first kappa shape index (κ1) is 27.9. The van der Waals surface area contributed by atoms with Crippen LogP contribution in [0.5, 0.6) is 0 Å². The Balaban J connectivity index is 1.24. The second-order valence-corrected chi connectivity index (χ2v) is 13.0. The van der Waals surface area contributed by atoms with Gasteiger partial charge in [-0.3, -0.25) is 4.98 Å². The van der Waals surface area contributed by atoms with Crippen LogP contribution in [0.4, 0.5) is 0 Å². The molecule has 3 heterocycles. The lowest BCUT2D eigenvalue weighted by Gasteiger charge is -2.14. The molecule has 0 saturated carbocycles. The van der Waals surface area contributed by atoms with Crippen LogP contribution in [0.15, 0.2) is 162 Å². The van der Waals surface area contributed by atoms with Crippen molar-refractivity contribution in [2.24, 2.45) is 0 Å². The number of fused-ring (bicyclic) bond motifs is 11. The Bertz CT molecular complexity index is 3220. The lowest BCUT2D eigenvalue weighted by molar-refractivity contribution is 0.670. The van der Waals surface area contributed by atoms with E-state index < -0.39 is 0 Å².